The zero-order valence-electron chi connectivity index (χ0n) is 10.3. The number of carbonyl (C=O) groups excluding carboxylic acids is 1. The van der Waals surface area contributed by atoms with E-state index in [1.54, 1.807) is 0 Å². The minimum Gasteiger partial charge on any atom is -0.396 e. The molecule has 0 aromatic rings. The van der Waals surface area contributed by atoms with E-state index in [4.69, 9.17) is 10.8 Å². The Morgan fingerprint density at radius 3 is 2.56 bits per heavy atom. The third kappa shape index (κ3) is 4.10. The Balaban J connectivity index is 2.20. The van der Waals surface area contributed by atoms with Crippen molar-refractivity contribution in [2.45, 2.75) is 45.6 Å². The summed E-state index contributed by atoms with van der Waals surface area (Å²) in [7, 11) is 0. The standard InChI is InChI=1S/C12H24N2O2/c1-9(2)10(13)7-11(16)14-8-12(3-4-12)5-6-15/h9-10,15H,3-8,13H2,1-2H3,(H,14,16). The van der Waals surface area contributed by atoms with E-state index in [1.165, 1.54) is 0 Å². The highest BCUT2D eigenvalue weighted by Crippen LogP contribution is 2.47. The Morgan fingerprint density at radius 1 is 1.50 bits per heavy atom. The third-order valence-electron chi connectivity index (χ3n) is 3.54. The smallest absolute Gasteiger partial charge is 0.221 e. The van der Waals surface area contributed by atoms with Crippen LogP contribution in [0.5, 0.6) is 0 Å². The molecular formula is C12H24N2O2. The largest absolute Gasteiger partial charge is 0.396 e. The molecule has 1 aliphatic rings. The highest BCUT2D eigenvalue weighted by atomic mass is 16.3. The van der Waals surface area contributed by atoms with Crippen LogP contribution in [0.15, 0.2) is 0 Å². The molecule has 0 heterocycles. The van der Waals surface area contributed by atoms with Crippen molar-refractivity contribution >= 4 is 5.91 Å². The average molecular weight is 228 g/mol. The van der Waals surface area contributed by atoms with Crippen molar-refractivity contribution in [1.29, 1.82) is 0 Å². The van der Waals surface area contributed by atoms with Gasteiger partial charge < -0.3 is 16.2 Å². The third-order valence-corrected chi connectivity index (χ3v) is 3.54. The van der Waals surface area contributed by atoms with Gasteiger partial charge in [-0.05, 0) is 30.6 Å². The summed E-state index contributed by atoms with van der Waals surface area (Å²) in [5, 5.41) is 11.8. The van der Waals surface area contributed by atoms with E-state index in [-0.39, 0.29) is 24.0 Å². The van der Waals surface area contributed by atoms with E-state index in [9.17, 15) is 4.79 Å². The van der Waals surface area contributed by atoms with Gasteiger partial charge >= 0.3 is 0 Å². The van der Waals surface area contributed by atoms with Crippen LogP contribution in [0, 0.1) is 11.3 Å². The van der Waals surface area contributed by atoms with Gasteiger partial charge in [-0.25, -0.2) is 0 Å². The van der Waals surface area contributed by atoms with Crippen LogP contribution < -0.4 is 11.1 Å². The molecule has 1 saturated carbocycles. The van der Waals surface area contributed by atoms with Gasteiger partial charge in [-0.1, -0.05) is 13.8 Å². The summed E-state index contributed by atoms with van der Waals surface area (Å²) in [6.07, 6.45) is 3.42. The second kappa shape index (κ2) is 5.64. The predicted octanol–water partition coefficient (Wildman–Crippen LogP) is 0.639. The molecule has 16 heavy (non-hydrogen) atoms. The number of amides is 1. The normalized spacial score (nSPS) is 19.6. The van der Waals surface area contributed by atoms with Gasteiger partial charge in [0.25, 0.3) is 0 Å². The van der Waals surface area contributed by atoms with Crippen LogP contribution in [0.25, 0.3) is 0 Å². The first-order chi connectivity index (χ1) is 7.49. The Kier molecular flexibility index (Phi) is 4.74. The first-order valence-corrected chi connectivity index (χ1v) is 6.12. The molecule has 1 unspecified atom stereocenters. The number of hydrogen-bond donors (Lipinski definition) is 3. The van der Waals surface area contributed by atoms with Gasteiger partial charge in [0.15, 0.2) is 0 Å². The van der Waals surface area contributed by atoms with Crippen LogP contribution in [0.3, 0.4) is 0 Å². The maximum atomic E-state index is 11.6. The highest BCUT2D eigenvalue weighted by Gasteiger charge is 2.41. The van der Waals surface area contributed by atoms with Gasteiger partial charge in [-0.15, -0.1) is 0 Å². The van der Waals surface area contributed by atoms with E-state index in [0.29, 0.717) is 18.9 Å². The monoisotopic (exact) mass is 228 g/mol. The van der Waals surface area contributed by atoms with Crippen LogP contribution in [0.2, 0.25) is 0 Å². The summed E-state index contributed by atoms with van der Waals surface area (Å²) in [5.74, 6) is 0.364. The van der Waals surface area contributed by atoms with Gasteiger partial charge in [0.2, 0.25) is 5.91 Å². The second-order valence-electron chi connectivity index (χ2n) is 5.36. The molecule has 4 nitrogen and oxygen atoms in total. The van der Waals surface area contributed by atoms with Crippen LogP contribution in [-0.2, 0) is 4.79 Å². The van der Waals surface area contributed by atoms with E-state index in [2.05, 4.69) is 5.32 Å². The molecule has 1 atom stereocenters. The maximum absolute atomic E-state index is 11.6. The number of aliphatic hydroxyl groups excluding tert-OH is 1. The topological polar surface area (TPSA) is 75.4 Å². The van der Waals surface area contributed by atoms with Gasteiger partial charge in [-0.2, -0.15) is 0 Å². The van der Waals surface area contributed by atoms with Crippen LogP contribution >= 0.6 is 0 Å². The first-order valence-electron chi connectivity index (χ1n) is 6.12. The highest BCUT2D eigenvalue weighted by molar-refractivity contribution is 5.76. The molecule has 0 aromatic heterocycles. The van der Waals surface area contributed by atoms with E-state index >= 15 is 0 Å². The average Bonchev–Trinajstić information content (AvgIpc) is 2.96. The Morgan fingerprint density at radius 2 is 2.12 bits per heavy atom. The van der Waals surface area contributed by atoms with Crippen molar-refractivity contribution in [3.05, 3.63) is 0 Å². The summed E-state index contributed by atoms with van der Waals surface area (Å²) in [4.78, 5) is 11.6. The van der Waals surface area contributed by atoms with E-state index < -0.39 is 0 Å². The molecule has 0 aliphatic heterocycles. The fraction of sp³-hybridized carbons (Fsp3) is 0.917. The lowest BCUT2D eigenvalue weighted by atomic mass is 10.0. The first kappa shape index (κ1) is 13.5. The second-order valence-corrected chi connectivity index (χ2v) is 5.36. The lowest BCUT2D eigenvalue weighted by Crippen LogP contribution is -2.37. The Hall–Kier alpha value is -0.610. The molecule has 1 fully saturated rings. The van der Waals surface area contributed by atoms with Gasteiger partial charge in [0.1, 0.15) is 0 Å². The summed E-state index contributed by atoms with van der Waals surface area (Å²) in [6.45, 7) is 4.94. The Bertz CT molecular complexity index is 237. The van der Waals surface area contributed by atoms with Crippen molar-refractivity contribution in [2.75, 3.05) is 13.2 Å². The van der Waals surface area contributed by atoms with Crippen molar-refractivity contribution < 1.29 is 9.90 Å². The minimum atomic E-state index is -0.0620. The molecular weight excluding hydrogens is 204 g/mol. The number of aliphatic hydroxyl groups is 1. The molecule has 94 valence electrons. The van der Waals surface area contributed by atoms with Gasteiger partial charge in [-0.3, -0.25) is 4.79 Å². The maximum Gasteiger partial charge on any atom is 0.221 e. The summed E-state index contributed by atoms with van der Waals surface area (Å²) >= 11 is 0. The molecule has 0 radical (unpaired) electrons. The number of nitrogens with one attached hydrogen (secondary N) is 1. The number of nitrogens with two attached hydrogens (primary N) is 1. The SMILES string of the molecule is CC(C)C(N)CC(=O)NCC1(CCO)CC1. The molecule has 0 spiro atoms. The van der Waals surface area contributed by atoms with Crippen LogP contribution in [0.1, 0.15) is 39.5 Å². The molecule has 1 rings (SSSR count). The van der Waals surface area contributed by atoms with Gasteiger partial charge in [0.05, 0.1) is 0 Å². The van der Waals surface area contributed by atoms with Crippen molar-refractivity contribution in [3.8, 4) is 0 Å². The van der Waals surface area contributed by atoms with Gasteiger partial charge in [0, 0.05) is 25.6 Å². The van der Waals surface area contributed by atoms with Crippen molar-refractivity contribution in [2.24, 2.45) is 17.1 Å². The van der Waals surface area contributed by atoms with E-state index in [1.807, 2.05) is 13.8 Å². The molecule has 1 aliphatic carbocycles. The number of hydrogen-bond acceptors (Lipinski definition) is 3. The summed E-state index contributed by atoms with van der Waals surface area (Å²) in [5.41, 5.74) is 6.02. The summed E-state index contributed by atoms with van der Waals surface area (Å²) in [6, 6.07) is -0.0620. The summed E-state index contributed by atoms with van der Waals surface area (Å²) < 4.78 is 0. The number of carbonyl (C=O) groups is 1. The quantitative estimate of drug-likeness (QED) is 0.598. The minimum absolute atomic E-state index is 0.0328. The molecule has 4 N–H and O–H groups in total. The lowest BCUT2D eigenvalue weighted by molar-refractivity contribution is -0.121. The zero-order valence-corrected chi connectivity index (χ0v) is 10.3. The lowest BCUT2D eigenvalue weighted by Gasteiger charge is -2.18. The molecule has 0 aromatic carbocycles. The fourth-order valence-electron chi connectivity index (χ4n) is 1.74. The van der Waals surface area contributed by atoms with E-state index in [0.717, 1.165) is 19.3 Å². The fourth-order valence-corrected chi connectivity index (χ4v) is 1.74. The molecule has 0 saturated heterocycles. The zero-order chi connectivity index (χ0) is 12.2. The number of rotatable bonds is 7. The van der Waals surface area contributed by atoms with Crippen LogP contribution in [0.4, 0.5) is 0 Å². The van der Waals surface area contributed by atoms with Crippen LogP contribution in [-0.4, -0.2) is 30.2 Å². The Labute approximate surface area is 97.6 Å². The molecule has 4 heteroatoms. The van der Waals surface area contributed by atoms with Crippen molar-refractivity contribution in [3.63, 3.8) is 0 Å². The molecule has 1 amide bonds. The predicted molar refractivity (Wildman–Crippen MR) is 63.8 cm³/mol. The molecule has 0 bridgehead atoms. The van der Waals surface area contributed by atoms with Crippen molar-refractivity contribution in [1.82, 2.24) is 5.32 Å².